The predicted molar refractivity (Wildman–Crippen MR) is 79.6 cm³/mol. The minimum atomic E-state index is -1.03. The fourth-order valence-electron chi connectivity index (χ4n) is 1.79. The molecule has 0 unspecified atom stereocenters. The van der Waals surface area contributed by atoms with Crippen molar-refractivity contribution in [3.8, 4) is 0 Å². The van der Waals surface area contributed by atoms with E-state index in [1.54, 1.807) is 0 Å². The molecular formula is C14H27N3O4. The summed E-state index contributed by atoms with van der Waals surface area (Å²) in [6.45, 7) is 5.02. The largest absolute Gasteiger partial charge is 0.481 e. The third-order valence-electron chi connectivity index (χ3n) is 2.85. The third kappa shape index (κ3) is 10.8. The van der Waals surface area contributed by atoms with Crippen LogP contribution < -0.4 is 16.4 Å². The van der Waals surface area contributed by atoms with E-state index in [1.807, 2.05) is 13.8 Å². The van der Waals surface area contributed by atoms with Gasteiger partial charge in [0.25, 0.3) is 0 Å². The summed E-state index contributed by atoms with van der Waals surface area (Å²) in [4.78, 5) is 34.1. The first-order chi connectivity index (χ1) is 9.86. The summed E-state index contributed by atoms with van der Waals surface area (Å²) in [5.74, 6) is -1.44. The minimum absolute atomic E-state index is 0.121. The van der Waals surface area contributed by atoms with Crippen LogP contribution in [0.1, 0.15) is 46.0 Å². The number of nitrogens with one attached hydrogen (secondary N) is 2. The number of carboxylic acids is 1. The molecule has 0 aliphatic rings. The van der Waals surface area contributed by atoms with Gasteiger partial charge in [0, 0.05) is 13.0 Å². The Balaban J connectivity index is 4.32. The Morgan fingerprint density at radius 2 is 1.81 bits per heavy atom. The van der Waals surface area contributed by atoms with E-state index in [0.29, 0.717) is 19.5 Å². The molecule has 1 atom stereocenters. The van der Waals surface area contributed by atoms with Crippen molar-refractivity contribution >= 4 is 17.8 Å². The lowest BCUT2D eigenvalue weighted by atomic mass is 10.0. The highest BCUT2D eigenvalue weighted by atomic mass is 16.4. The molecule has 0 aromatic rings. The Labute approximate surface area is 125 Å². The molecule has 0 bridgehead atoms. The number of amides is 2. The van der Waals surface area contributed by atoms with Gasteiger partial charge in [-0.25, -0.2) is 0 Å². The molecule has 0 saturated carbocycles. The lowest BCUT2D eigenvalue weighted by Crippen LogP contribution is -2.47. The van der Waals surface area contributed by atoms with E-state index in [1.165, 1.54) is 0 Å². The van der Waals surface area contributed by atoms with Gasteiger partial charge in [-0.1, -0.05) is 13.8 Å². The van der Waals surface area contributed by atoms with Crippen LogP contribution in [0.5, 0.6) is 0 Å². The second kappa shape index (κ2) is 11.1. The van der Waals surface area contributed by atoms with Crippen molar-refractivity contribution in [2.24, 2.45) is 11.7 Å². The highest BCUT2D eigenvalue weighted by Crippen LogP contribution is 2.06. The highest BCUT2D eigenvalue weighted by molar-refractivity contribution is 5.88. The molecule has 0 fully saturated rings. The van der Waals surface area contributed by atoms with Crippen LogP contribution in [0.3, 0.4) is 0 Å². The van der Waals surface area contributed by atoms with E-state index >= 15 is 0 Å². The molecule has 0 radical (unpaired) electrons. The number of aliphatic carboxylic acids is 1. The van der Waals surface area contributed by atoms with Crippen LogP contribution in [-0.4, -0.2) is 42.0 Å². The van der Waals surface area contributed by atoms with Crippen molar-refractivity contribution in [3.05, 3.63) is 0 Å². The molecule has 0 aliphatic heterocycles. The van der Waals surface area contributed by atoms with Crippen LogP contribution in [0.15, 0.2) is 0 Å². The van der Waals surface area contributed by atoms with Gasteiger partial charge in [-0.2, -0.15) is 0 Å². The topological polar surface area (TPSA) is 122 Å². The molecule has 21 heavy (non-hydrogen) atoms. The Kier molecular flexibility index (Phi) is 10.2. The van der Waals surface area contributed by atoms with Crippen LogP contribution in [0.25, 0.3) is 0 Å². The van der Waals surface area contributed by atoms with Gasteiger partial charge in [0.2, 0.25) is 11.8 Å². The van der Waals surface area contributed by atoms with Gasteiger partial charge in [0.05, 0.1) is 6.42 Å². The Morgan fingerprint density at radius 3 is 2.33 bits per heavy atom. The molecular weight excluding hydrogens is 274 g/mol. The Bertz CT molecular complexity index is 345. The highest BCUT2D eigenvalue weighted by Gasteiger charge is 2.21. The first-order valence-corrected chi connectivity index (χ1v) is 7.35. The molecule has 0 aliphatic carbocycles. The van der Waals surface area contributed by atoms with E-state index in [9.17, 15) is 14.4 Å². The fourth-order valence-corrected chi connectivity index (χ4v) is 1.79. The molecule has 0 rings (SSSR count). The summed E-state index contributed by atoms with van der Waals surface area (Å²) in [6, 6.07) is -0.621. The first-order valence-electron chi connectivity index (χ1n) is 7.35. The maximum atomic E-state index is 12.0. The molecule has 0 spiro atoms. The number of carbonyl (C=O) groups is 3. The van der Waals surface area contributed by atoms with Crippen LogP contribution in [0, 0.1) is 5.92 Å². The summed E-state index contributed by atoms with van der Waals surface area (Å²) in [5.41, 5.74) is 5.38. The van der Waals surface area contributed by atoms with Gasteiger partial charge in [0.1, 0.15) is 6.04 Å². The summed E-state index contributed by atoms with van der Waals surface area (Å²) >= 11 is 0. The zero-order chi connectivity index (χ0) is 16.3. The molecule has 0 aromatic carbocycles. The molecule has 122 valence electrons. The van der Waals surface area contributed by atoms with Crippen LogP contribution in [-0.2, 0) is 14.4 Å². The van der Waals surface area contributed by atoms with E-state index in [-0.39, 0.29) is 24.7 Å². The van der Waals surface area contributed by atoms with Gasteiger partial charge >= 0.3 is 5.97 Å². The van der Waals surface area contributed by atoms with E-state index < -0.39 is 17.9 Å². The van der Waals surface area contributed by atoms with Crippen LogP contribution in [0.4, 0.5) is 0 Å². The lowest BCUT2D eigenvalue weighted by Gasteiger charge is -2.20. The standard InChI is InChI=1S/C14H27N3O4/c1-10(2)9-11(14(21)16-8-4-3-7-15)17-12(18)5-6-13(19)20/h10-11H,3-9,15H2,1-2H3,(H,16,21)(H,17,18)(H,19,20)/t11-/m0/s1. The number of nitrogens with two attached hydrogens (primary N) is 1. The second-order valence-electron chi connectivity index (χ2n) is 5.43. The van der Waals surface area contributed by atoms with Crippen molar-refractivity contribution in [1.29, 1.82) is 0 Å². The number of carbonyl (C=O) groups excluding carboxylic acids is 2. The van der Waals surface area contributed by atoms with Crippen molar-refractivity contribution in [2.75, 3.05) is 13.1 Å². The van der Waals surface area contributed by atoms with Gasteiger partial charge in [-0.05, 0) is 31.7 Å². The minimum Gasteiger partial charge on any atom is -0.481 e. The quantitative estimate of drug-likeness (QED) is 0.407. The number of hydrogen-bond donors (Lipinski definition) is 4. The normalized spacial score (nSPS) is 12.0. The molecule has 5 N–H and O–H groups in total. The van der Waals surface area contributed by atoms with E-state index in [4.69, 9.17) is 10.8 Å². The summed E-state index contributed by atoms with van der Waals surface area (Å²) in [7, 11) is 0. The Morgan fingerprint density at radius 1 is 1.14 bits per heavy atom. The van der Waals surface area contributed by atoms with E-state index in [0.717, 1.165) is 12.8 Å². The molecule has 0 aromatic heterocycles. The van der Waals surface area contributed by atoms with Crippen molar-refractivity contribution in [1.82, 2.24) is 10.6 Å². The zero-order valence-electron chi connectivity index (χ0n) is 12.9. The second-order valence-corrected chi connectivity index (χ2v) is 5.43. The number of hydrogen-bond acceptors (Lipinski definition) is 4. The van der Waals surface area contributed by atoms with Gasteiger partial charge < -0.3 is 21.5 Å². The van der Waals surface area contributed by atoms with Crippen molar-refractivity contribution in [3.63, 3.8) is 0 Å². The average Bonchev–Trinajstić information content (AvgIpc) is 2.40. The smallest absolute Gasteiger partial charge is 0.303 e. The molecule has 7 nitrogen and oxygen atoms in total. The zero-order valence-corrected chi connectivity index (χ0v) is 12.9. The van der Waals surface area contributed by atoms with Gasteiger partial charge in [-0.3, -0.25) is 14.4 Å². The number of rotatable bonds is 11. The number of unbranched alkanes of at least 4 members (excludes halogenated alkanes) is 1. The van der Waals surface area contributed by atoms with Crippen LogP contribution >= 0.6 is 0 Å². The molecule has 2 amide bonds. The summed E-state index contributed by atoms with van der Waals surface area (Å²) in [6.07, 6.45) is 1.79. The fraction of sp³-hybridized carbons (Fsp3) is 0.786. The third-order valence-corrected chi connectivity index (χ3v) is 2.85. The summed E-state index contributed by atoms with van der Waals surface area (Å²) < 4.78 is 0. The first kappa shape index (κ1) is 19.4. The predicted octanol–water partition coefficient (Wildman–Crippen LogP) is 0.237. The molecule has 0 saturated heterocycles. The van der Waals surface area contributed by atoms with Crippen LogP contribution in [0.2, 0.25) is 0 Å². The maximum absolute atomic E-state index is 12.0. The van der Waals surface area contributed by atoms with Gasteiger partial charge in [0.15, 0.2) is 0 Å². The lowest BCUT2D eigenvalue weighted by molar-refractivity contribution is -0.139. The summed E-state index contributed by atoms with van der Waals surface area (Å²) in [5, 5.41) is 13.9. The van der Waals surface area contributed by atoms with Gasteiger partial charge in [-0.15, -0.1) is 0 Å². The number of carboxylic acid groups (broad SMARTS) is 1. The average molecular weight is 301 g/mol. The van der Waals surface area contributed by atoms with Crippen molar-refractivity contribution in [2.45, 2.75) is 52.0 Å². The molecule has 7 heteroatoms. The monoisotopic (exact) mass is 301 g/mol. The van der Waals surface area contributed by atoms with E-state index in [2.05, 4.69) is 10.6 Å². The van der Waals surface area contributed by atoms with Crippen molar-refractivity contribution < 1.29 is 19.5 Å². The maximum Gasteiger partial charge on any atom is 0.303 e. The molecule has 0 heterocycles. The Hall–Kier alpha value is -1.63. The SMILES string of the molecule is CC(C)C[C@H](NC(=O)CCC(=O)O)C(=O)NCCCCN.